The fourth-order valence-corrected chi connectivity index (χ4v) is 1.78. The number of nitriles is 1. The van der Waals surface area contributed by atoms with Crippen molar-refractivity contribution in [1.29, 1.82) is 5.26 Å². The highest BCUT2D eigenvalue weighted by Gasteiger charge is 2.10. The predicted molar refractivity (Wildman–Crippen MR) is 73.0 cm³/mol. The molecule has 1 aromatic carbocycles. The van der Waals surface area contributed by atoms with Crippen LogP contribution in [0.4, 0.5) is 10.1 Å². The summed E-state index contributed by atoms with van der Waals surface area (Å²) in [6, 6.07) is 5.04. The van der Waals surface area contributed by atoms with E-state index in [9.17, 15) is 4.39 Å². The SMILES string of the molecule is CC(C)COCCNc1ccc(C#N)c(Br)c1F. The molecule has 3 nitrogen and oxygen atoms in total. The van der Waals surface area contributed by atoms with Gasteiger partial charge in [0.05, 0.1) is 22.3 Å². The van der Waals surface area contributed by atoms with E-state index in [4.69, 9.17) is 10.00 Å². The summed E-state index contributed by atoms with van der Waals surface area (Å²) < 4.78 is 19.4. The maximum atomic E-state index is 13.8. The lowest BCUT2D eigenvalue weighted by Gasteiger charge is -2.10. The van der Waals surface area contributed by atoms with Crippen LogP contribution in [0.15, 0.2) is 16.6 Å². The summed E-state index contributed by atoms with van der Waals surface area (Å²) in [5.74, 6) is 0.0451. The Morgan fingerprint density at radius 1 is 1.50 bits per heavy atom. The molecule has 1 rings (SSSR count). The highest BCUT2D eigenvalue weighted by atomic mass is 79.9. The number of rotatable bonds is 6. The lowest BCUT2D eigenvalue weighted by Crippen LogP contribution is -2.13. The first-order valence-corrected chi connectivity index (χ1v) is 6.55. The molecule has 1 aromatic rings. The van der Waals surface area contributed by atoms with E-state index in [2.05, 4.69) is 35.1 Å². The molecule has 0 fully saturated rings. The molecular weight excluding hydrogens is 299 g/mol. The van der Waals surface area contributed by atoms with Crippen LogP contribution in [0, 0.1) is 23.1 Å². The number of hydrogen-bond donors (Lipinski definition) is 1. The third kappa shape index (κ3) is 4.28. The van der Waals surface area contributed by atoms with E-state index in [0.717, 1.165) is 0 Å². The molecule has 98 valence electrons. The molecule has 0 heterocycles. The summed E-state index contributed by atoms with van der Waals surface area (Å²) in [5, 5.41) is 11.7. The van der Waals surface area contributed by atoms with Gasteiger partial charge in [0.15, 0.2) is 5.82 Å². The van der Waals surface area contributed by atoms with Crippen molar-refractivity contribution < 1.29 is 9.13 Å². The summed E-state index contributed by atoms with van der Waals surface area (Å²) in [5.41, 5.74) is 0.656. The highest BCUT2D eigenvalue weighted by Crippen LogP contribution is 2.26. The molecule has 0 aliphatic rings. The van der Waals surface area contributed by atoms with E-state index in [1.807, 2.05) is 6.07 Å². The van der Waals surface area contributed by atoms with Gasteiger partial charge in [-0.3, -0.25) is 0 Å². The van der Waals surface area contributed by atoms with E-state index in [1.165, 1.54) is 0 Å². The highest BCUT2D eigenvalue weighted by molar-refractivity contribution is 9.10. The molecule has 5 heteroatoms. The summed E-state index contributed by atoms with van der Waals surface area (Å²) >= 11 is 3.06. The van der Waals surface area contributed by atoms with Gasteiger partial charge in [-0.25, -0.2) is 4.39 Å². The van der Waals surface area contributed by atoms with Crippen LogP contribution in [0.1, 0.15) is 19.4 Å². The monoisotopic (exact) mass is 314 g/mol. The Kier molecular flexibility index (Phi) is 6.10. The zero-order chi connectivity index (χ0) is 13.5. The topological polar surface area (TPSA) is 45.0 Å². The number of ether oxygens (including phenoxy) is 1. The summed E-state index contributed by atoms with van der Waals surface area (Å²) in [7, 11) is 0. The number of nitrogens with one attached hydrogen (secondary N) is 1. The molecule has 0 aliphatic heterocycles. The summed E-state index contributed by atoms with van der Waals surface area (Å²) in [6.07, 6.45) is 0. The van der Waals surface area contributed by atoms with Crippen LogP contribution in [0.2, 0.25) is 0 Å². The Hall–Kier alpha value is -1.12. The first-order valence-electron chi connectivity index (χ1n) is 5.76. The standard InChI is InChI=1S/C13H16BrFN2O/c1-9(2)8-18-6-5-17-11-4-3-10(7-16)12(14)13(11)15/h3-4,9,17H,5-6,8H2,1-2H3. The van der Waals surface area contributed by atoms with Gasteiger partial charge in [0.25, 0.3) is 0 Å². The second kappa shape index (κ2) is 7.34. The van der Waals surface area contributed by atoms with Crippen molar-refractivity contribution in [2.75, 3.05) is 25.1 Å². The van der Waals surface area contributed by atoms with Gasteiger partial charge in [0.1, 0.15) is 6.07 Å². The Bertz CT molecular complexity index is 443. The van der Waals surface area contributed by atoms with Crippen molar-refractivity contribution in [1.82, 2.24) is 0 Å². The third-order valence-electron chi connectivity index (χ3n) is 2.22. The van der Waals surface area contributed by atoms with Gasteiger partial charge >= 0.3 is 0 Å². The van der Waals surface area contributed by atoms with Gasteiger partial charge in [-0.05, 0) is 34.0 Å². The maximum Gasteiger partial charge on any atom is 0.161 e. The average molecular weight is 315 g/mol. The maximum absolute atomic E-state index is 13.8. The second-order valence-corrected chi connectivity index (χ2v) is 5.09. The van der Waals surface area contributed by atoms with Gasteiger partial charge in [-0.1, -0.05) is 13.8 Å². The van der Waals surface area contributed by atoms with Crippen LogP contribution >= 0.6 is 15.9 Å². The van der Waals surface area contributed by atoms with Crippen LogP contribution < -0.4 is 5.32 Å². The lowest BCUT2D eigenvalue weighted by atomic mass is 10.2. The van der Waals surface area contributed by atoms with Crippen molar-refractivity contribution in [3.8, 4) is 6.07 Å². The number of anilines is 1. The first kappa shape index (κ1) is 14.9. The molecule has 0 atom stereocenters. The Balaban J connectivity index is 2.49. The quantitative estimate of drug-likeness (QED) is 0.817. The number of hydrogen-bond acceptors (Lipinski definition) is 3. The molecule has 0 spiro atoms. The smallest absolute Gasteiger partial charge is 0.161 e. The van der Waals surface area contributed by atoms with Crippen LogP contribution in [0.25, 0.3) is 0 Å². The first-order chi connectivity index (χ1) is 8.56. The minimum Gasteiger partial charge on any atom is -0.380 e. The van der Waals surface area contributed by atoms with Gasteiger partial charge in [-0.2, -0.15) is 5.26 Å². The van der Waals surface area contributed by atoms with Crippen LogP contribution in [0.3, 0.4) is 0 Å². The largest absolute Gasteiger partial charge is 0.380 e. The normalized spacial score (nSPS) is 10.4. The molecular formula is C13H16BrFN2O. The lowest BCUT2D eigenvalue weighted by molar-refractivity contribution is 0.118. The molecule has 0 saturated heterocycles. The number of nitrogens with zero attached hydrogens (tertiary/aromatic N) is 1. The van der Waals surface area contributed by atoms with Crippen LogP contribution in [-0.4, -0.2) is 19.8 Å². The summed E-state index contributed by atoms with van der Waals surface area (Å²) in [6.45, 7) is 5.90. The molecule has 0 bridgehead atoms. The zero-order valence-electron chi connectivity index (χ0n) is 10.5. The van der Waals surface area contributed by atoms with Crippen molar-refractivity contribution in [3.05, 3.63) is 28.0 Å². The molecule has 18 heavy (non-hydrogen) atoms. The van der Waals surface area contributed by atoms with E-state index >= 15 is 0 Å². The molecule has 0 radical (unpaired) electrons. The number of halogens is 2. The molecule has 0 amide bonds. The predicted octanol–water partition coefficient (Wildman–Crippen LogP) is 3.54. The van der Waals surface area contributed by atoms with Crippen molar-refractivity contribution in [2.24, 2.45) is 5.92 Å². The van der Waals surface area contributed by atoms with Crippen molar-refractivity contribution in [2.45, 2.75) is 13.8 Å². The van der Waals surface area contributed by atoms with E-state index in [0.29, 0.717) is 31.4 Å². The van der Waals surface area contributed by atoms with Crippen molar-refractivity contribution in [3.63, 3.8) is 0 Å². The second-order valence-electron chi connectivity index (χ2n) is 4.30. The molecule has 0 aliphatic carbocycles. The minimum atomic E-state index is -0.446. The van der Waals surface area contributed by atoms with Crippen LogP contribution in [-0.2, 0) is 4.74 Å². The Morgan fingerprint density at radius 2 is 2.22 bits per heavy atom. The Morgan fingerprint density at radius 3 is 2.83 bits per heavy atom. The van der Waals surface area contributed by atoms with E-state index in [-0.39, 0.29) is 10.0 Å². The number of benzene rings is 1. The molecule has 0 aromatic heterocycles. The zero-order valence-corrected chi connectivity index (χ0v) is 12.1. The Labute approximate surface area is 115 Å². The minimum absolute atomic E-state index is 0.193. The molecule has 1 N–H and O–H groups in total. The van der Waals surface area contributed by atoms with Gasteiger partial charge < -0.3 is 10.1 Å². The van der Waals surface area contributed by atoms with Gasteiger partial charge in [-0.15, -0.1) is 0 Å². The van der Waals surface area contributed by atoms with Crippen LogP contribution in [0.5, 0.6) is 0 Å². The molecule has 0 saturated carbocycles. The third-order valence-corrected chi connectivity index (χ3v) is 2.99. The average Bonchev–Trinajstić information content (AvgIpc) is 2.33. The van der Waals surface area contributed by atoms with Crippen molar-refractivity contribution >= 4 is 21.6 Å². The van der Waals surface area contributed by atoms with Gasteiger partial charge in [0, 0.05) is 13.2 Å². The van der Waals surface area contributed by atoms with E-state index in [1.54, 1.807) is 12.1 Å². The fraction of sp³-hybridized carbons (Fsp3) is 0.462. The van der Waals surface area contributed by atoms with E-state index < -0.39 is 5.82 Å². The summed E-state index contributed by atoms with van der Waals surface area (Å²) in [4.78, 5) is 0. The molecule has 0 unspecified atom stereocenters. The van der Waals surface area contributed by atoms with Gasteiger partial charge in [0.2, 0.25) is 0 Å². The fourth-order valence-electron chi connectivity index (χ4n) is 1.35.